The van der Waals surface area contributed by atoms with E-state index >= 15 is 0 Å². The molecule has 0 aliphatic rings. The molecule has 4 nitrogen and oxygen atoms in total. The number of rotatable bonds is 10. The van der Waals surface area contributed by atoms with Crippen molar-refractivity contribution in [2.24, 2.45) is 0 Å². The van der Waals surface area contributed by atoms with Crippen molar-refractivity contribution in [2.45, 2.75) is 39.0 Å². The Bertz CT molecular complexity index is 384. The Hall–Kier alpha value is -0.650. The van der Waals surface area contributed by atoms with E-state index in [2.05, 4.69) is 5.32 Å². The highest BCUT2D eigenvalue weighted by atomic mass is 35.5. The van der Waals surface area contributed by atoms with Crippen molar-refractivity contribution in [1.29, 1.82) is 0 Å². The third-order valence-corrected chi connectivity index (χ3v) is 3.27. The van der Waals surface area contributed by atoms with Crippen molar-refractivity contribution < 1.29 is 14.6 Å². The fraction of sp³-hybridized carbons (Fsp3) is 0.625. The van der Waals surface area contributed by atoms with Crippen molar-refractivity contribution in [3.63, 3.8) is 0 Å². The second-order valence-corrected chi connectivity index (χ2v) is 5.77. The molecule has 21 heavy (non-hydrogen) atoms. The molecule has 1 rings (SSSR count). The van der Waals surface area contributed by atoms with Crippen LogP contribution in [0.5, 0.6) is 0 Å². The maximum absolute atomic E-state index is 9.85. The zero-order valence-corrected chi connectivity index (χ0v) is 13.8. The second kappa shape index (κ2) is 10.1. The first-order valence-corrected chi connectivity index (χ1v) is 7.73. The Morgan fingerprint density at radius 3 is 2.43 bits per heavy atom. The van der Waals surface area contributed by atoms with Crippen LogP contribution in [0, 0.1) is 0 Å². The Balaban J connectivity index is 2.14. The molecule has 1 aromatic carbocycles. The van der Waals surface area contributed by atoms with Gasteiger partial charge in [0.25, 0.3) is 0 Å². The number of ether oxygens (including phenoxy) is 2. The van der Waals surface area contributed by atoms with Crippen molar-refractivity contribution in [3.05, 3.63) is 34.9 Å². The van der Waals surface area contributed by atoms with Crippen LogP contribution in [0.15, 0.2) is 24.3 Å². The average Bonchev–Trinajstić information content (AvgIpc) is 2.44. The van der Waals surface area contributed by atoms with Crippen LogP contribution in [-0.4, -0.2) is 43.7 Å². The highest BCUT2D eigenvalue weighted by molar-refractivity contribution is 6.30. The van der Waals surface area contributed by atoms with Gasteiger partial charge in [0.05, 0.1) is 32.0 Å². The highest BCUT2D eigenvalue weighted by Crippen LogP contribution is 2.15. The van der Waals surface area contributed by atoms with Crippen LogP contribution in [-0.2, 0) is 9.47 Å². The first-order chi connectivity index (χ1) is 9.99. The van der Waals surface area contributed by atoms with Crippen molar-refractivity contribution in [3.8, 4) is 0 Å². The van der Waals surface area contributed by atoms with Crippen LogP contribution in [0.25, 0.3) is 0 Å². The summed E-state index contributed by atoms with van der Waals surface area (Å²) in [5.74, 6) is 0. The first-order valence-electron chi connectivity index (χ1n) is 7.35. The van der Waals surface area contributed by atoms with Crippen LogP contribution in [0.4, 0.5) is 0 Å². The number of aliphatic hydroxyl groups excluding tert-OH is 1. The van der Waals surface area contributed by atoms with Gasteiger partial charge < -0.3 is 19.9 Å². The maximum atomic E-state index is 9.85. The van der Waals surface area contributed by atoms with Gasteiger partial charge in [0.2, 0.25) is 0 Å². The molecule has 5 heteroatoms. The fourth-order valence-electron chi connectivity index (χ4n) is 1.80. The smallest absolute Gasteiger partial charge is 0.0897 e. The van der Waals surface area contributed by atoms with E-state index in [9.17, 15) is 5.11 Å². The molecule has 1 aromatic rings. The normalized spacial score (nSPS) is 14.4. The fourth-order valence-corrected chi connectivity index (χ4v) is 1.93. The van der Waals surface area contributed by atoms with Gasteiger partial charge in [-0.3, -0.25) is 0 Å². The highest BCUT2D eigenvalue weighted by Gasteiger charge is 2.09. The van der Waals surface area contributed by atoms with E-state index in [1.807, 2.05) is 45.0 Å². The summed E-state index contributed by atoms with van der Waals surface area (Å²) in [5, 5.41) is 13.8. The minimum absolute atomic E-state index is 0.154. The van der Waals surface area contributed by atoms with Gasteiger partial charge in [-0.1, -0.05) is 23.7 Å². The molecule has 0 bridgehead atoms. The number of halogens is 1. The minimum atomic E-state index is -0.529. The quantitative estimate of drug-likeness (QED) is 0.652. The predicted octanol–water partition coefficient (Wildman–Crippen LogP) is 2.79. The first kappa shape index (κ1) is 18.4. The van der Waals surface area contributed by atoms with Gasteiger partial charge in [-0.2, -0.15) is 0 Å². The molecule has 0 heterocycles. The molecule has 120 valence electrons. The summed E-state index contributed by atoms with van der Waals surface area (Å²) in [4.78, 5) is 0. The summed E-state index contributed by atoms with van der Waals surface area (Å²) < 4.78 is 10.7. The summed E-state index contributed by atoms with van der Waals surface area (Å²) in [6.45, 7) is 7.86. The number of hydrogen-bond donors (Lipinski definition) is 2. The third-order valence-electron chi connectivity index (χ3n) is 3.02. The van der Waals surface area contributed by atoms with E-state index in [-0.39, 0.29) is 12.1 Å². The van der Waals surface area contributed by atoms with Gasteiger partial charge in [-0.05, 0) is 38.5 Å². The van der Waals surface area contributed by atoms with Gasteiger partial charge in [0, 0.05) is 17.6 Å². The van der Waals surface area contributed by atoms with Crippen molar-refractivity contribution in [1.82, 2.24) is 5.32 Å². The van der Waals surface area contributed by atoms with Gasteiger partial charge >= 0.3 is 0 Å². The molecule has 1 unspecified atom stereocenters. The van der Waals surface area contributed by atoms with Gasteiger partial charge in [-0.25, -0.2) is 0 Å². The molecule has 0 aromatic heterocycles. The predicted molar refractivity (Wildman–Crippen MR) is 85.8 cm³/mol. The average molecular weight is 316 g/mol. The zero-order chi connectivity index (χ0) is 15.7. The monoisotopic (exact) mass is 315 g/mol. The van der Waals surface area contributed by atoms with Crippen molar-refractivity contribution in [2.75, 3.05) is 26.4 Å². The zero-order valence-electron chi connectivity index (χ0n) is 13.0. The molecule has 0 fully saturated rings. The number of aliphatic hydroxyl groups is 1. The Labute approximate surface area is 132 Å². The van der Waals surface area contributed by atoms with Crippen LogP contribution < -0.4 is 5.32 Å². The second-order valence-electron chi connectivity index (χ2n) is 5.33. The molecule has 0 saturated carbocycles. The molecule has 2 atom stereocenters. The summed E-state index contributed by atoms with van der Waals surface area (Å²) in [7, 11) is 0. The Morgan fingerprint density at radius 1 is 1.14 bits per heavy atom. The molecule has 0 radical (unpaired) electrons. The topological polar surface area (TPSA) is 50.7 Å². The molecule has 0 amide bonds. The molecular weight excluding hydrogens is 290 g/mol. The largest absolute Gasteiger partial charge is 0.389 e. The maximum Gasteiger partial charge on any atom is 0.0897 e. The lowest BCUT2D eigenvalue weighted by Gasteiger charge is -2.18. The van der Waals surface area contributed by atoms with Crippen LogP contribution in [0.2, 0.25) is 5.02 Å². The Morgan fingerprint density at radius 2 is 1.81 bits per heavy atom. The third kappa shape index (κ3) is 8.39. The summed E-state index contributed by atoms with van der Waals surface area (Å²) in [6, 6.07) is 7.84. The van der Waals surface area contributed by atoms with Gasteiger partial charge in [-0.15, -0.1) is 0 Å². The van der Waals surface area contributed by atoms with E-state index in [4.69, 9.17) is 21.1 Å². The standard InChI is InChI=1S/C16H26ClNO3/c1-12(2)21-9-8-20-11-16(19)10-18-13(3)14-4-6-15(17)7-5-14/h4-7,12-13,16,18-19H,8-11H2,1-3H3/t13-,16?/m0/s1. The van der Waals surface area contributed by atoms with Crippen LogP contribution in [0.3, 0.4) is 0 Å². The Kier molecular flexibility index (Phi) is 8.88. The number of hydrogen-bond acceptors (Lipinski definition) is 4. The van der Waals surface area contributed by atoms with E-state index in [0.717, 1.165) is 10.6 Å². The molecule has 2 N–H and O–H groups in total. The summed E-state index contributed by atoms with van der Waals surface area (Å²) in [5.41, 5.74) is 1.14. The van der Waals surface area contributed by atoms with Crippen LogP contribution in [0.1, 0.15) is 32.4 Å². The lowest BCUT2D eigenvalue weighted by molar-refractivity contribution is -0.0104. The molecule has 0 saturated heterocycles. The minimum Gasteiger partial charge on any atom is -0.389 e. The van der Waals surface area contributed by atoms with E-state index in [1.54, 1.807) is 0 Å². The van der Waals surface area contributed by atoms with E-state index < -0.39 is 6.10 Å². The lowest BCUT2D eigenvalue weighted by atomic mass is 10.1. The summed E-state index contributed by atoms with van der Waals surface area (Å²) in [6.07, 6.45) is -0.320. The van der Waals surface area contributed by atoms with Gasteiger partial charge in [0.1, 0.15) is 0 Å². The molecule has 0 spiro atoms. The molecular formula is C16H26ClNO3. The molecule has 0 aliphatic heterocycles. The summed E-state index contributed by atoms with van der Waals surface area (Å²) >= 11 is 5.86. The van der Waals surface area contributed by atoms with Crippen LogP contribution >= 0.6 is 11.6 Å². The lowest BCUT2D eigenvalue weighted by Crippen LogP contribution is -2.32. The van der Waals surface area contributed by atoms with Crippen molar-refractivity contribution >= 4 is 11.6 Å². The van der Waals surface area contributed by atoms with E-state index in [1.165, 1.54) is 0 Å². The van der Waals surface area contributed by atoms with Gasteiger partial charge in [0.15, 0.2) is 0 Å². The SMILES string of the molecule is CC(C)OCCOCC(O)CN[C@@H](C)c1ccc(Cl)cc1. The van der Waals surface area contributed by atoms with E-state index in [0.29, 0.717) is 26.4 Å². The number of nitrogens with one attached hydrogen (secondary N) is 1. The number of benzene rings is 1. The molecule has 0 aliphatic carbocycles.